The second kappa shape index (κ2) is 5.65. The third-order valence-electron chi connectivity index (χ3n) is 2.31. The molecule has 1 saturated heterocycles. The summed E-state index contributed by atoms with van der Waals surface area (Å²) in [7, 11) is 4.10. The molecule has 1 aliphatic heterocycles. The molecule has 1 aliphatic rings. The predicted octanol–water partition coefficient (Wildman–Crippen LogP) is 4.03. The SMILES string of the molecule is CC1(C)CN(CCCBr)CC(C)(C)SS1. The average Bonchev–Trinajstić information content (AvgIpc) is 2.20. The molecule has 1 fully saturated rings. The van der Waals surface area contributed by atoms with E-state index in [1.165, 1.54) is 26.1 Å². The van der Waals surface area contributed by atoms with Gasteiger partial charge in [-0.15, -0.1) is 0 Å². The van der Waals surface area contributed by atoms with Gasteiger partial charge < -0.3 is 4.90 Å². The van der Waals surface area contributed by atoms with Crippen molar-refractivity contribution >= 4 is 37.5 Å². The first-order valence-corrected chi connectivity index (χ1v) is 8.77. The molecule has 0 aromatic heterocycles. The molecule has 90 valence electrons. The van der Waals surface area contributed by atoms with Crippen molar-refractivity contribution in [1.82, 2.24) is 4.90 Å². The largest absolute Gasteiger partial charge is 0.301 e. The molecule has 0 aromatic rings. The Hall–Kier alpha value is 1.14. The Morgan fingerprint density at radius 1 is 1.07 bits per heavy atom. The number of nitrogens with zero attached hydrogens (tertiary/aromatic N) is 1. The van der Waals surface area contributed by atoms with Crippen LogP contribution in [0.3, 0.4) is 0 Å². The van der Waals surface area contributed by atoms with Crippen LogP contribution in [0.2, 0.25) is 0 Å². The van der Waals surface area contributed by atoms with Crippen molar-refractivity contribution in [3.05, 3.63) is 0 Å². The van der Waals surface area contributed by atoms with E-state index in [1.807, 2.05) is 21.6 Å². The highest BCUT2D eigenvalue weighted by molar-refractivity contribution is 9.09. The quantitative estimate of drug-likeness (QED) is 0.572. The van der Waals surface area contributed by atoms with Gasteiger partial charge in [0.25, 0.3) is 0 Å². The molecule has 0 spiro atoms. The van der Waals surface area contributed by atoms with Crippen molar-refractivity contribution in [3.63, 3.8) is 0 Å². The molecule has 0 aliphatic carbocycles. The van der Waals surface area contributed by atoms with E-state index in [-0.39, 0.29) is 0 Å². The fraction of sp³-hybridized carbons (Fsp3) is 1.00. The van der Waals surface area contributed by atoms with Crippen LogP contribution in [0.25, 0.3) is 0 Å². The normalized spacial score (nSPS) is 26.2. The van der Waals surface area contributed by atoms with Crippen LogP contribution in [0.5, 0.6) is 0 Å². The van der Waals surface area contributed by atoms with Crippen LogP contribution in [0, 0.1) is 0 Å². The first kappa shape index (κ1) is 14.2. The molecule has 0 saturated carbocycles. The zero-order valence-electron chi connectivity index (χ0n) is 10.2. The Labute approximate surface area is 111 Å². The number of hydrogen-bond acceptors (Lipinski definition) is 3. The highest BCUT2D eigenvalue weighted by Gasteiger charge is 2.34. The van der Waals surface area contributed by atoms with E-state index < -0.39 is 0 Å². The molecule has 0 amide bonds. The summed E-state index contributed by atoms with van der Waals surface area (Å²) in [5.41, 5.74) is 0. The molecule has 0 aromatic carbocycles. The molecule has 15 heavy (non-hydrogen) atoms. The second-order valence-corrected chi connectivity index (χ2v) is 9.78. The van der Waals surface area contributed by atoms with E-state index in [1.54, 1.807) is 0 Å². The van der Waals surface area contributed by atoms with Gasteiger partial charge in [-0.1, -0.05) is 37.5 Å². The molecule has 1 nitrogen and oxygen atoms in total. The average molecular weight is 312 g/mol. The summed E-state index contributed by atoms with van der Waals surface area (Å²) in [4.78, 5) is 2.62. The number of hydrogen-bond donors (Lipinski definition) is 0. The minimum Gasteiger partial charge on any atom is -0.301 e. The zero-order valence-corrected chi connectivity index (χ0v) is 13.4. The number of halogens is 1. The van der Waals surface area contributed by atoms with Crippen LogP contribution in [-0.4, -0.2) is 39.4 Å². The predicted molar refractivity (Wildman–Crippen MR) is 78.2 cm³/mol. The van der Waals surface area contributed by atoms with Gasteiger partial charge in [0.1, 0.15) is 0 Å². The summed E-state index contributed by atoms with van der Waals surface area (Å²) in [5, 5.41) is 1.12. The van der Waals surface area contributed by atoms with Gasteiger partial charge in [-0.25, -0.2) is 0 Å². The van der Waals surface area contributed by atoms with Gasteiger partial charge >= 0.3 is 0 Å². The minimum atomic E-state index is 0.380. The summed E-state index contributed by atoms with van der Waals surface area (Å²) in [5.74, 6) is 0. The lowest BCUT2D eigenvalue weighted by Gasteiger charge is -2.29. The van der Waals surface area contributed by atoms with Crippen molar-refractivity contribution in [3.8, 4) is 0 Å². The molecular weight excluding hydrogens is 290 g/mol. The van der Waals surface area contributed by atoms with Crippen molar-refractivity contribution in [2.75, 3.05) is 25.0 Å². The first-order chi connectivity index (χ1) is 6.85. The van der Waals surface area contributed by atoms with E-state index >= 15 is 0 Å². The molecule has 0 N–H and O–H groups in total. The lowest BCUT2D eigenvalue weighted by Crippen LogP contribution is -2.40. The van der Waals surface area contributed by atoms with Crippen LogP contribution in [0.1, 0.15) is 34.1 Å². The van der Waals surface area contributed by atoms with E-state index in [2.05, 4.69) is 48.5 Å². The smallest absolute Gasteiger partial charge is 0.0334 e. The second-order valence-electron chi connectivity index (χ2n) is 5.44. The maximum Gasteiger partial charge on any atom is 0.0334 e. The van der Waals surface area contributed by atoms with Gasteiger partial charge in [0.05, 0.1) is 0 Å². The number of alkyl halides is 1. The van der Waals surface area contributed by atoms with Crippen LogP contribution >= 0.6 is 37.5 Å². The lowest BCUT2D eigenvalue weighted by molar-refractivity contribution is 0.243. The molecule has 0 bridgehead atoms. The van der Waals surface area contributed by atoms with Crippen molar-refractivity contribution in [2.45, 2.75) is 43.6 Å². The third kappa shape index (κ3) is 5.33. The Morgan fingerprint density at radius 2 is 1.53 bits per heavy atom. The molecule has 4 heteroatoms. The van der Waals surface area contributed by atoms with Crippen molar-refractivity contribution in [1.29, 1.82) is 0 Å². The van der Waals surface area contributed by atoms with E-state index in [9.17, 15) is 0 Å². The molecule has 1 heterocycles. The highest BCUT2D eigenvalue weighted by Crippen LogP contribution is 2.46. The lowest BCUT2D eigenvalue weighted by atomic mass is 10.1. The maximum atomic E-state index is 3.52. The molecule has 1 rings (SSSR count). The van der Waals surface area contributed by atoms with Crippen LogP contribution in [0.15, 0.2) is 0 Å². The van der Waals surface area contributed by atoms with Crippen LogP contribution in [-0.2, 0) is 0 Å². The fourth-order valence-electron chi connectivity index (χ4n) is 1.85. The summed E-state index contributed by atoms with van der Waals surface area (Å²) >= 11 is 3.52. The summed E-state index contributed by atoms with van der Waals surface area (Å²) in [6, 6.07) is 0. The summed E-state index contributed by atoms with van der Waals surface area (Å²) < 4.78 is 0.759. The van der Waals surface area contributed by atoms with Gasteiger partial charge in [0.2, 0.25) is 0 Å². The van der Waals surface area contributed by atoms with E-state index in [0.29, 0.717) is 9.49 Å². The van der Waals surface area contributed by atoms with Crippen LogP contribution in [0.4, 0.5) is 0 Å². The third-order valence-corrected chi connectivity index (χ3v) is 7.07. The van der Waals surface area contributed by atoms with Gasteiger partial charge in [0.15, 0.2) is 0 Å². The summed E-state index contributed by atoms with van der Waals surface area (Å²) in [6.07, 6.45) is 1.25. The van der Waals surface area contributed by atoms with Gasteiger partial charge in [-0.05, 0) is 40.7 Å². The Morgan fingerprint density at radius 3 is 1.93 bits per heavy atom. The summed E-state index contributed by atoms with van der Waals surface area (Å²) in [6.45, 7) is 13.1. The van der Waals surface area contributed by atoms with Crippen molar-refractivity contribution < 1.29 is 0 Å². The van der Waals surface area contributed by atoms with E-state index in [4.69, 9.17) is 0 Å². The fourth-order valence-corrected chi connectivity index (χ4v) is 4.69. The van der Waals surface area contributed by atoms with Gasteiger partial charge in [-0.3, -0.25) is 0 Å². The Balaban J connectivity index is 2.60. The number of rotatable bonds is 3. The molecular formula is C11H22BrNS2. The van der Waals surface area contributed by atoms with Crippen molar-refractivity contribution in [2.24, 2.45) is 0 Å². The Bertz CT molecular complexity index is 189. The van der Waals surface area contributed by atoms with Gasteiger partial charge in [-0.2, -0.15) is 0 Å². The maximum absolute atomic E-state index is 3.52. The molecule has 0 atom stereocenters. The molecule has 0 radical (unpaired) electrons. The Kier molecular flexibility index (Phi) is 5.35. The van der Waals surface area contributed by atoms with E-state index in [0.717, 1.165) is 5.33 Å². The highest BCUT2D eigenvalue weighted by atomic mass is 79.9. The van der Waals surface area contributed by atoms with Gasteiger partial charge in [0, 0.05) is 27.9 Å². The molecule has 0 unspecified atom stereocenters. The topological polar surface area (TPSA) is 3.24 Å². The monoisotopic (exact) mass is 311 g/mol. The van der Waals surface area contributed by atoms with Crippen LogP contribution < -0.4 is 0 Å². The standard InChI is InChI=1S/C11H22BrNS2/c1-10(2)8-13(7-5-6-12)9-11(3,4)15-14-10/h5-9H2,1-4H3. The zero-order chi connectivity index (χ0) is 11.5. The minimum absolute atomic E-state index is 0.380. The first-order valence-electron chi connectivity index (χ1n) is 5.50.